The Morgan fingerprint density at radius 3 is 1.36 bits per heavy atom. The van der Waals surface area contributed by atoms with E-state index >= 15 is 0 Å². The molecule has 1 spiro atoms. The summed E-state index contributed by atoms with van der Waals surface area (Å²) in [6.45, 7) is 0. The summed E-state index contributed by atoms with van der Waals surface area (Å²) in [5, 5.41) is 0. The van der Waals surface area contributed by atoms with Gasteiger partial charge in [0.05, 0.1) is 16.8 Å². The van der Waals surface area contributed by atoms with Crippen LogP contribution in [0.15, 0.2) is 182 Å². The van der Waals surface area contributed by atoms with Crippen LogP contribution in [0.3, 0.4) is 0 Å². The first kappa shape index (κ1) is 28.4. The van der Waals surface area contributed by atoms with Crippen molar-refractivity contribution in [3.05, 3.63) is 204 Å². The number of rotatable bonds is 4. The van der Waals surface area contributed by atoms with E-state index in [1.165, 1.54) is 44.8 Å². The molecule has 0 amide bonds. The highest BCUT2D eigenvalue weighted by Crippen LogP contribution is 2.63. The van der Waals surface area contributed by atoms with E-state index < -0.39 is 5.41 Å². The maximum Gasteiger partial charge on any atom is 0.164 e. The van der Waals surface area contributed by atoms with Gasteiger partial charge in [-0.05, 0) is 63.7 Å². The van der Waals surface area contributed by atoms with Crippen molar-refractivity contribution in [2.24, 2.45) is 0 Å². The van der Waals surface area contributed by atoms with Crippen LogP contribution in [0.4, 0.5) is 17.1 Å². The smallest absolute Gasteiger partial charge is 0.164 e. The van der Waals surface area contributed by atoms with Crippen molar-refractivity contribution in [3.8, 4) is 45.3 Å². The molecule has 0 bridgehead atoms. The Balaban J connectivity index is 1.22. The summed E-state index contributed by atoms with van der Waals surface area (Å²) >= 11 is 0. The van der Waals surface area contributed by atoms with Gasteiger partial charge in [0.1, 0.15) is 0 Å². The van der Waals surface area contributed by atoms with E-state index in [0.717, 1.165) is 22.4 Å². The van der Waals surface area contributed by atoms with Crippen molar-refractivity contribution >= 4 is 17.1 Å². The Bertz CT molecular complexity index is 2440. The van der Waals surface area contributed by atoms with Crippen LogP contribution in [0, 0.1) is 0 Å². The Morgan fingerprint density at radius 1 is 0.340 bits per heavy atom. The van der Waals surface area contributed by atoms with Crippen LogP contribution in [0.1, 0.15) is 22.3 Å². The molecule has 4 nitrogen and oxygen atoms in total. The fourth-order valence-electron chi connectivity index (χ4n) is 8.04. The normalized spacial score (nSPS) is 13.3. The zero-order valence-corrected chi connectivity index (χ0v) is 27.1. The number of anilines is 3. The molecule has 2 heterocycles. The van der Waals surface area contributed by atoms with E-state index in [1.54, 1.807) is 0 Å². The zero-order valence-electron chi connectivity index (χ0n) is 27.1. The molecular weight excluding hydrogens is 609 g/mol. The highest BCUT2D eigenvalue weighted by atomic mass is 15.2. The summed E-state index contributed by atoms with van der Waals surface area (Å²) in [5.41, 5.74) is 13.4. The predicted molar refractivity (Wildman–Crippen MR) is 202 cm³/mol. The molecule has 7 aromatic carbocycles. The van der Waals surface area contributed by atoms with E-state index in [9.17, 15) is 0 Å². The van der Waals surface area contributed by atoms with Gasteiger partial charge in [-0.1, -0.05) is 152 Å². The fraction of sp³-hybridized carbons (Fsp3) is 0.0217. The van der Waals surface area contributed by atoms with Gasteiger partial charge in [0.25, 0.3) is 0 Å². The summed E-state index contributed by atoms with van der Waals surface area (Å²) < 4.78 is 0. The number of nitrogens with zero attached hydrogens (tertiary/aromatic N) is 4. The van der Waals surface area contributed by atoms with Gasteiger partial charge >= 0.3 is 0 Å². The number of para-hydroxylation sites is 3. The summed E-state index contributed by atoms with van der Waals surface area (Å²) in [6.07, 6.45) is 0. The second-order valence-corrected chi connectivity index (χ2v) is 12.8. The lowest BCUT2D eigenvalue weighted by Crippen LogP contribution is -2.36. The molecule has 0 fully saturated rings. The molecule has 0 atom stereocenters. The van der Waals surface area contributed by atoms with E-state index in [0.29, 0.717) is 17.5 Å². The van der Waals surface area contributed by atoms with Crippen LogP contribution in [-0.2, 0) is 5.41 Å². The summed E-state index contributed by atoms with van der Waals surface area (Å²) in [6, 6.07) is 64.5. The van der Waals surface area contributed by atoms with Crippen molar-refractivity contribution in [2.45, 2.75) is 5.41 Å². The minimum absolute atomic E-state index is 0.508. The van der Waals surface area contributed by atoms with Crippen molar-refractivity contribution in [2.75, 3.05) is 4.90 Å². The van der Waals surface area contributed by atoms with Crippen molar-refractivity contribution < 1.29 is 0 Å². The minimum atomic E-state index is -0.508. The van der Waals surface area contributed by atoms with Gasteiger partial charge in [0.2, 0.25) is 0 Å². The van der Waals surface area contributed by atoms with Gasteiger partial charge in [-0.25, -0.2) is 15.0 Å². The van der Waals surface area contributed by atoms with Crippen molar-refractivity contribution in [3.63, 3.8) is 0 Å². The first-order valence-corrected chi connectivity index (χ1v) is 17.0. The highest BCUT2D eigenvalue weighted by molar-refractivity contribution is 5.96. The predicted octanol–water partition coefficient (Wildman–Crippen LogP) is 11.0. The molecule has 0 N–H and O–H groups in total. The zero-order chi connectivity index (χ0) is 33.1. The molecule has 0 saturated carbocycles. The van der Waals surface area contributed by atoms with Crippen LogP contribution in [0.5, 0.6) is 0 Å². The molecular formula is C46H30N4. The first-order valence-electron chi connectivity index (χ1n) is 17.0. The summed E-state index contributed by atoms with van der Waals surface area (Å²) in [5.74, 6) is 1.96. The molecule has 10 rings (SSSR count). The summed E-state index contributed by atoms with van der Waals surface area (Å²) in [4.78, 5) is 17.5. The van der Waals surface area contributed by atoms with E-state index in [1.807, 2.05) is 60.7 Å². The second-order valence-electron chi connectivity index (χ2n) is 12.8. The third-order valence-corrected chi connectivity index (χ3v) is 10.1. The van der Waals surface area contributed by atoms with Crippen LogP contribution < -0.4 is 4.90 Å². The average molecular weight is 639 g/mol. The lowest BCUT2D eigenvalue weighted by molar-refractivity contribution is 0.752. The SMILES string of the molecule is c1ccc(-c2nc(-c3ccccc3)nc(-c3ccc4c(c3)-c3ccccc3C43c4ccccc4N(c4ccccc4)c4ccccc43)n2)cc1. The third-order valence-electron chi connectivity index (χ3n) is 10.1. The Labute approximate surface area is 291 Å². The number of hydrogen-bond donors (Lipinski definition) is 0. The molecule has 1 aromatic heterocycles. The Hall–Kier alpha value is -6.65. The van der Waals surface area contributed by atoms with Gasteiger partial charge in [-0.15, -0.1) is 0 Å². The topological polar surface area (TPSA) is 41.9 Å². The Morgan fingerprint density at radius 2 is 0.780 bits per heavy atom. The molecule has 8 aromatic rings. The second kappa shape index (κ2) is 11.2. The van der Waals surface area contributed by atoms with E-state index in [4.69, 9.17) is 15.0 Å². The largest absolute Gasteiger partial charge is 0.310 e. The maximum atomic E-state index is 5.07. The van der Waals surface area contributed by atoms with E-state index in [-0.39, 0.29) is 0 Å². The molecule has 2 aliphatic rings. The maximum absolute atomic E-state index is 5.07. The molecule has 0 radical (unpaired) electrons. The first-order chi connectivity index (χ1) is 24.8. The van der Waals surface area contributed by atoms with Crippen LogP contribution in [0.2, 0.25) is 0 Å². The number of benzene rings is 7. The van der Waals surface area contributed by atoms with Crippen molar-refractivity contribution in [1.82, 2.24) is 15.0 Å². The number of fused-ring (bicyclic) bond motifs is 9. The van der Waals surface area contributed by atoms with Crippen molar-refractivity contribution in [1.29, 1.82) is 0 Å². The molecule has 4 heteroatoms. The summed E-state index contributed by atoms with van der Waals surface area (Å²) in [7, 11) is 0. The van der Waals surface area contributed by atoms with Gasteiger partial charge in [-0.2, -0.15) is 0 Å². The third kappa shape index (κ3) is 4.15. The lowest BCUT2D eigenvalue weighted by atomic mass is 9.64. The van der Waals surface area contributed by atoms with Gasteiger partial charge in [0, 0.05) is 22.4 Å². The monoisotopic (exact) mass is 638 g/mol. The molecule has 1 aliphatic carbocycles. The minimum Gasteiger partial charge on any atom is -0.310 e. The van der Waals surface area contributed by atoms with Crippen LogP contribution in [-0.4, -0.2) is 15.0 Å². The number of hydrogen-bond acceptors (Lipinski definition) is 4. The molecule has 0 unspecified atom stereocenters. The number of aromatic nitrogens is 3. The molecule has 1 aliphatic heterocycles. The highest BCUT2D eigenvalue weighted by Gasteiger charge is 2.51. The van der Waals surface area contributed by atoms with Gasteiger partial charge < -0.3 is 4.90 Å². The quantitative estimate of drug-likeness (QED) is 0.192. The van der Waals surface area contributed by atoms with Gasteiger partial charge in [0.15, 0.2) is 17.5 Å². The van der Waals surface area contributed by atoms with Crippen LogP contribution >= 0.6 is 0 Å². The fourth-order valence-corrected chi connectivity index (χ4v) is 8.04. The van der Waals surface area contributed by atoms with E-state index in [2.05, 4.69) is 126 Å². The average Bonchev–Trinajstić information content (AvgIpc) is 3.49. The van der Waals surface area contributed by atoms with Crippen LogP contribution in [0.25, 0.3) is 45.3 Å². The standard InChI is InChI=1S/C46H30N4/c1-4-16-31(17-5-1)43-47-44(32-18-6-2-7-19-32)49-45(48-43)33-28-29-38-36(30-33)35-22-10-11-23-37(35)46(38)39-24-12-14-26-41(39)50(34-20-8-3-9-21-34)42-27-15-13-25-40(42)46/h1-30H. The lowest BCUT2D eigenvalue weighted by Gasteiger charge is -2.45. The molecule has 234 valence electrons. The molecule has 0 saturated heterocycles. The van der Waals surface area contributed by atoms with Gasteiger partial charge in [-0.3, -0.25) is 0 Å². The molecule has 50 heavy (non-hydrogen) atoms. The Kier molecular flexibility index (Phi) is 6.36.